The molecule has 2 heterocycles. The molecule has 0 unspecified atom stereocenters. The Hall–Kier alpha value is -2.45. The number of methoxy groups -OCH3 is 1. The average Bonchev–Trinajstić information content (AvgIpc) is 3.11. The first kappa shape index (κ1) is 16.4. The van der Waals surface area contributed by atoms with Gasteiger partial charge in [-0.2, -0.15) is 5.26 Å². The van der Waals surface area contributed by atoms with Crippen LogP contribution in [0.15, 0.2) is 36.5 Å². The molecule has 2 aromatic rings. The highest BCUT2D eigenvalue weighted by atomic mass is 35.5. The molecule has 1 aromatic heterocycles. The lowest BCUT2D eigenvalue weighted by Gasteiger charge is -2.35. The molecular weight excluding hydrogens is 326 g/mol. The van der Waals surface area contributed by atoms with Crippen LogP contribution in [-0.2, 0) is 4.74 Å². The third kappa shape index (κ3) is 3.10. The maximum atomic E-state index is 11.8. The predicted molar refractivity (Wildman–Crippen MR) is 92.4 cm³/mol. The van der Waals surface area contributed by atoms with Gasteiger partial charge in [0.15, 0.2) is 0 Å². The second-order valence-electron chi connectivity index (χ2n) is 5.79. The summed E-state index contributed by atoms with van der Waals surface area (Å²) in [6, 6.07) is 11.5. The number of ether oxygens (including phenoxy) is 1. The molecule has 24 heavy (non-hydrogen) atoms. The molecule has 0 saturated carbocycles. The summed E-state index contributed by atoms with van der Waals surface area (Å²) in [4.78, 5) is 14.1. The fourth-order valence-electron chi connectivity index (χ4n) is 3.18. The molecule has 1 fully saturated rings. The molecule has 1 aliphatic heterocycles. The van der Waals surface area contributed by atoms with Gasteiger partial charge in [-0.05, 0) is 43.2 Å². The number of hydrogen-bond donors (Lipinski definition) is 0. The zero-order chi connectivity index (χ0) is 17.1. The molecule has 0 bridgehead atoms. The number of piperidine rings is 1. The topological polar surface area (TPSA) is 58.3 Å². The molecule has 0 spiro atoms. The highest BCUT2D eigenvalue weighted by Gasteiger charge is 2.24. The van der Waals surface area contributed by atoms with Crippen molar-refractivity contribution < 1.29 is 9.53 Å². The van der Waals surface area contributed by atoms with Crippen LogP contribution in [0.4, 0.5) is 5.69 Å². The van der Waals surface area contributed by atoms with Gasteiger partial charge in [-0.3, -0.25) is 0 Å². The maximum Gasteiger partial charge on any atom is 0.354 e. The van der Waals surface area contributed by atoms with Crippen LogP contribution in [0.25, 0.3) is 0 Å². The van der Waals surface area contributed by atoms with Gasteiger partial charge in [0.2, 0.25) is 0 Å². The standard InChI is InChI=1S/C18H18ClN3O2/c1-24-18(23)17-3-2-8-22(17)14-6-9-21(10-7-14)15-5-4-13(12-20)16(19)11-15/h2-5,8,11,14H,6-7,9-10H2,1H3. The van der Waals surface area contributed by atoms with E-state index in [4.69, 9.17) is 21.6 Å². The van der Waals surface area contributed by atoms with Crippen LogP contribution in [0, 0.1) is 11.3 Å². The number of carbonyl (C=O) groups is 1. The molecule has 0 radical (unpaired) electrons. The van der Waals surface area contributed by atoms with Gasteiger partial charge in [-0.15, -0.1) is 0 Å². The summed E-state index contributed by atoms with van der Waals surface area (Å²) >= 11 is 6.13. The van der Waals surface area contributed by atoms with Crippen molar-refractivity contribution in [2.75, 3.05) is 25.1 Å². The van der Waals surface area contributed by atoms with Crippen molar-refractivity contribution in [3.63, 3.8) is 0 Å². The summed E-state index contributed by atoms with van der Waals surface area (Å²) in [7, 11) is 1.40. The number of carbonyl (C=O) groups excluding carboxylic acids is 1. The van der Waals surface area contributed by atoms with Crippen LogP contribution in [0.2, 0.25) is 5.02 Å². The Morgan fingerprint density at radius 3 is 2.71 bits per heavy atom. The van der Waals surface area contributed by atoms with E-state index in [0.717, 1.165) is 31.6 Å². The SMILES string of the molecule is COC(=O)c1cccn1C1CCN(c2ccc(C#N)c(Cl)c2)CC1. The molecule has 1 aromatic carbocycles. The third-order valence-electron chi connectivity index (χ3n) is 4.47. The lowest BCUT2D eigenvalue weighted by molar-refractivity contribution is 0.0585. The molecule has 0 atom stereocenters. The second kappa shape index (κ2) is 6.98. The Balaban J connectivity index is 1.70. The molecule has 0 N–H and O–H groups in total. The number of nitriles is 1. The number of rotatable bonds is 3. The molecule has 3 rings (SSSR count). The number of aromatic nitrogens is 1. The van der Waals surface area contributed by atoms with Gasteiger partial charge in [-0.25, -0.2) is 4.79 Å². The van der Waals surface area contributed by atoms with Gasteiger partial charge in [0.1, 0.15) is 11.8 Å². The Kier molecular flexibility index (Phi) is 4.77. The average molecular weight is 344 g/mol. The lowest BCUT2D eigenvalue weighted by atomic mass is 10.0. The minimum absolute atomic E-state index is 0.277. The normalized spacial score (nSPS) is 15.1. The lowest BCUT2D eigenvalue weighted by Crippen LogP contribution is -2.35. The molecule has 1 saturated heterocycles. The summed E-state index contributed by atoms with van der Waals surface area (Å²) in [5, 5.41) is 9.44. The molecule has 0 aliphatic carbocycles. The Morgan fingerprint density at radius 1 is 1.33 bits per heavy atom. The van der Waals surface area contributed by atoms with Crippen molar-refractivity contribution in [2.24, 2.45) is 0 Å². The summed E-state index contributed by atoms with van der Waals surface area (Å²) in [5.74, 6) is -0.304. The molecular formula is C18H18ClN3O2. The highest BCUT2D eigenvalue weighted by Crippen LogP contribution is 2.30. The minimum atomic E-state index is -0.304. The van der Waals surface area contributed by atoms with Crippen molar-refractivity contribution in [1.82, 2.24) is 4.57 Å². The first-order valence-corrected chi connectivity index (χ1v) is 8.21. The molecule has 5 nitrogen and oxygen atoms in total. The number of benzene rings is 1. The quantitative estimate of drug-likeness (QED) is 0.798. The fourth-order valence-corrected chi connectivity index (χ4v) is 3.40. The molecule has 6 heteroatoms. The number of anilines is 1. The number of esters is 1. The van der Waals surface area contributed by atoms with Gasteiger partial charge in [0.25, 0.3) is 0 Å². The van der Waals surface area contributed by atoms with Gasteiger partial charge in [-0.1, -0.05) is 11.6 Å². The molecule has 0 amide bonds. The van der Waals surface area contributed by atoms with E-state index in [1.807, 2.05) is 29.0 Å². The summed E-state index contributed by atoms with van der Waals surface area (Å²) < 4.78 is 6.85. The first-order valence-electron chi connectivity index (χ1n) is 7.84. The summed E-state index contributed by atoms with van der Waals surface area (Å²) in [5.41, 5.74) is 2.11. The monoisotopic (exact) mass is 343 g/mol. The van der Waals surface area contributed by atoms with Crippen LogP contribution < -0.4 is 4.90 Å². The number of halogens is 1. The maximum absolute atomic E-state index is 11.8. The van der Waals surface area contributed by atoms with E-state index in [1.54, 1.807) is 12.1 Å². The van der Waals surface area contributed by atoms with Gasteiger partial charge < -0.3 is 14.2 Å². The van der Waals surface area contributed by atoms with Crippen LogP contribution in [0.3, 0.4) is 0 Å². The summed E-state index contributed by atoms with van der Waals surface area (Å²) in [6.45, 7) is 1.73. The molecule has 124 valence electrons. The fraction of sp³-hybridized carbons (Fsp3) is 0.333. The minimum Gasteiger partial charge on any atom is -0.464 e. The van der Waals surface area contributed by atoms with Crippen molar-refractivity contribution >= 4 is 23.3 Å². The zero-order valence-electron chi connectivity index (χ0n) is 13.4. The van der Waals surface area contributed by atoms with E-state index < -0.39 is 0 Å². The largest absolute Gasteiger partial charge is 0.464 e. The van der Waals surface area contributed by atoms with Gasteiger partial charge >= 0.3 is 5.97 Å². The Bertz CT molecular complexity index is 786. The van der Waals surface area contributed by atoms with E-state index in [2.05, 4.69) is 11.0 Å². The highest BCUT2D eigenvalue weighted by molar-refractivity contribution is 6.32. The van der Waals surface area contributed by atoms with Crippen LogP contribution in [-0.4, -0.2) is 30.7 Å². The van der Waals surface area contributed by atoms with E-state index in [1.165, 1.54) is 7.11 Å². The predicted octanol–water partition coefficient (Wildman–Crippen LogP) is 3.64. The Morgan fingerprint density at radius 2 is 2.08 bits per heavy atom. The second-order valence-corrected chi connectivity index (χ2v) is 6.19. The van der Waals surface area contributed by atoms with Gasteiger partial charge in [0, 0.05) is 31.0 Å². The van der Waals surface area contributed by atoms with Gasteiger partial charge in [0.05, 0.1) is 17.7 Å². The van der Waals surface area contributed by atoms with Crippen molar-refractivity contribution in [3.8, 4) is 6.07 Å². The van der Waals surface area contributed by atoms with Crippen molar-refractivity contribution in [2.45, 2.75) is 18.9 Å². The number of hydrogen-bond acceptors (Lipinski definition) is 4. The van der Waals surface area contributed by atoms with E-state index in [0.29, 0.717) is 16.3 Å². The van der Waals surface area contributed by atoms with E-state index in [-0.39, 0.29) is 12.0 Å². The summed E-state index contributed by atoms with van der Waals surface area (Å²) in [6.07, 6.45) is 3.79. The smallest absolute Gasteiger partial charge is 0.354 e. The molecule has 1 aliphatic rings. The Labute approximate surface area is 146 Å². The first-order chi connectivity index (χ1) is 11.6. The number of nitrogens with zero attached hydrogens (tertiary/aromatic N) is 3. The zero-order valence-corrected chi connectivity index (χ0v) is 14.2. The van der Waals surface area contributed by atoms with Crippen LogP contribution in [0.5, 0.6) is 0 Å². The van der Waals surface area contributed by atoms with E-state index >= 15 is 0 Å². The third-order valence-corrected chi connectivity index (χ3v) is 4.78. The van der Waals surface area contributed by atoms with Crippen LogP contribution >= 0.6 is 11.6 Å². The van der Waals surface area contributed by atoms with Crippen molar-refractivity contribution in [3.05, 3.63) is 52.8 Å². The van der Waals surface area contributed by atoms with E-state index in [9.17, 15) is 4.79 Å². The van der Waals surface area contributed by atoms with Crippen LogP contribution in [0.1, 0.15) is 34.9 Å². The van der Waals surface area contributed by atoms with Crippen molar-refractivity contribution in [1.29, 1.82) is 5.26 Å².